The third kappa shape index (κ3) is 4.19. The Morgan fingerprint density at radius 2 is 1.97 bits per heavy atom. The van der Waals surface area contributed by atoms with Crippen LogP contribution in [0, 0.1) is 11.8 Å². The molecule has 6 nitrogen and oxygen atoms in total. The van der Waals surface area contributed by atoms with Crippen molar-refractivity contribution in [1.82, 2.24) is 20.0 Å². The Kier molecular flexibility index (Phi) is 6.20. The van der Waals surface area contributed by atoms with Crippen LogP contribution in [0.3, 0.4) is 0 Å². The van der Waals surface area contributed by atoms with Gasteiger partial charge < -0.3 is 0 Å². The number of carbonyl (C=O) groups excluding carboxylic acids is 1. The van der Waals surface area contributed by atoms with Gasteiger partial charge in [0.25, 0.3) is 0 Å². The molecule has 0 radical (unpaired) electrons. The van der Waals surface area contributed by atoms with Gasteiger partial charge in [0.15, 0.2) is 0 Å². The number of rotatable bonds is 5. The SMILES string of the molecule is CN1C[C@H]2CN(CC(=O)Nc3nnc(C4CCC4)s3)C[C@H]2[C@@H]1c1ccccc1.Cl. The molecule has 3 fully saturated rings. The number of fused-ring (bicyclic) bond motifs is 1. The van der Waals surface area contributed by atoms with E-state index in [0.717, 1.165) is 24.6 Å². The number of likely N-dealkylation sites (tertiary alicyclic amines) is 2. The Hall–Kier alpha value is -1.54. The lowest BCUT2D eigenvalue weighted by molar-refractivity contribution is -0.117. The van der Waals surface area contributed by atoms with Gasteiger partial charge in [0, 0.05) is 31.6 Å². The second-order valence-electron chi connectivity index (χ2n) is 8.53. The fourth-order valence-corrected chi connectivity index (χ4v) is 6.03. The third-order valence-electron chi connectivity index (χ3n) is 6.62. The fraction of sp³-hybridized carbons (Fsp3) is 0.571. The first-order valence-corrected chi connectivity index (χ1v) is 11.1. The summed E-state index contributed by atoms with van der Waals surface area (Å²) in [5.41, 5.74) is 1.39. The van der Waals surface area contributed by atoms with Crippen molar-refractivity contribution in [2.24, 2.45) is 11.8 Å². The van der Waals surface area contributed by atoms with Crippen LogP contribution < -0.4 is 5.32 Å². The minimum absolute atomic E-state index is 0. The van der Waals surface area contributed by atoms with Gasteiger partial charge in [-0.1, -0.05) is 48.1 Å². The van der Waals surface area contributed by atoms with Gasteiger partial charge in [-0.25, -0.2) is 0 Å². The summed E-state index contributed by atoms with van der Waals surface area (Å²) >= 11 is 1.54. The van der Waals surface area contributed by atoms with E-state index in [0.29, 0.717) is 35.5 Å². The normalized spacial score (nSPS) is 27.3. The van der Waals surface area contributed by atoms with Gasteiger partial charge in [0.1, 0.15) is 5.01 Å². The summed E-state index contributed by atoms with van der Waals surface area (Å²) in [7, 11) is 2.22. The molecule has 156 valence electrons. The summed E-state index contributed by atoms with van der Waals surface area (Å²) in [5.74, 6) is 1.82. The van der Waals surface area contributed by atoms with Crippen molar-refractivity contribution in [3.8, 4) is 0 Å². The smallest absolute Gasteiger partial charge is 0.240 e. The minimum Gasteiger partial charge on any atom is -0.299 e. The summed E-state index contributed by atoms with van der Waals surface area (Å²) in [5, 5.41) is 13.1. The lowest BCUT2D eigenvalue weighted by Gasteiger charge is -2.26. The molecule has 3 aliphatic rings. The van der Waals surface area contributed by atoms with Gasteiger partial charge in [-0.15, -0.1) is 22.6 Å². The van der Waals surface area contributed by atoms with Crippen molar-refractivity contribution in [1.29, 1.82) is 0 Å². The van der Waals surface area contributed by atoms with Crippen molar-refractivity contribution in [3.05, 3.63) is 40.9 Å². The Balaban J connectivity index is 0.00000205. The maximum absolute atomic E-state index is 12.5. The van der Waals surface area contributed by atoms with E-state index >= 15 is 0 Å². The Morgan fingerprint density at radius 1 is 1.17 bits per heavy atom. The highest BCUT2D eigenvalue weighted by Gasteiger charge is 2.46. The number of carbonyl (C=O) groups is 1. The minimum atomic E-state index is 0. The topological polar surface area (TPSA) is 61.4 Å². The Labute approximate surface area is 182 Å². The predicted molar refractivity (Wildman–Crippen MR) is 118 cm³/mol. The van der Waals surface area contributed by atoms with Crippen molar-refractivity contribution in [2.45, 2.75) is 31.2 Å². The summed E-state index contributed by atoms with van der Waals surface area (Å²) in [6.07, 6.45) is 3.69. The fourth-order valence-electron chi connectivity index (χ4n) is 5.10. The van der Waals surface area contributed by atoms with E-state index in [1.165, 1.54) is 36.2 Å². The quantitative estimate of drug-likeness (QED) is 0.783. The molecule has 2 aromatic rings. The number of benzene rings is 1. The standard InChI is InChI=1S/C21H27N5OS.ClH/c1-25-10-16-11-26(12-17(16)19(25)14-6-3-2-4-7-14)13-18(27)22-21-24-23-20(28-21)15-8-5-9-15;/h2-4,6-7,15-17,19H,5,8-13H2,1H3,(H,22,24,27);1H/t16-,17+,19-;/m0./s1. The van der Waals surface area contributed by atoms with Crippen molar-refractivity contribution < 1.29 is 4.79 Å². The number of hydrogen-bond acceptors (Lipinski definition) is 6. The molecule has 1 aromatic carbocycles. The molecule has 1 aliphatic carbocycles. The van der Waals surface area contributed by atoms with E-state index in [1.54, 1.807) is 0 Å². The Morgan fingerprint density at radius 3 is 2.69 bits per heavy atom. The monoisotopic (exact) mass is 433 g/mol. The lowest BCUT2D eigenvalue weighted by Crippen LogP contribution is -2.34. The second kappa shape index (κ2) is 8.68. The molecule has 2 aliphatic heterocycles. The first-order chi connectivity index (χ1) is 13.7. The number of nitrogens with zero attached hydrogens (tertiary/aromatic N) is 4. The van der Waals surface area contributed by atoms with Crippen LogP contribution >= 0.6 is 23.7 Å². The van der Waals surface area contributed by atoms with Crippen LogP contribution in [0.5, 0.6) is 0 Å². The van der Waals surface area contributed by atoms with Crippen LogP contribution in [0.2, 0.25) is 0 Å². The highest BCUT2D eigenvalue weighted by atomic mass is 35.5. The molecular formula is C21H28ClN5OS. The second-order valence-corrected chi connectivity index (χ2v) is 9.54. The van der Waals surface area contributed by atoms with E-state index in [4.69, 9.17) is 0 Å². The number of aromatic nitrogens is 2. The molecule has 1 saturated carbocycles. The van der Waals surface area contributed by atoms with Crippen molar-refractivity contribution in [2.75, 3.05) is 38.5 Å². The Bertz CT molecular complexity index is 843. The largest absolute Gasteiger partial charge is 0.299 e. The maximum Gasteiger partial charge on any atom is 0.240 e. The summed E-state index contributed by atoms with van der Waals surface area (Å²) in [6, 6.07) is 11.2. The average molecular weight is 434 g/mol. The number of hydrogen-bond donors (Lipinski definition) is 1. The van der Waals surface area contributed by atoms with E-state index in [9.17, 15) is 4.79 Å². The molecule has 1 N–H and O–H groups in total. The molecular weight excluding hydrogens is 406 g/mol. The average Bonchev–Trinajstić information content (AvgIpc) is 3.29. The third-order valence-corrected chi connectivity index (χ3v) is 7.62. The van der Waals surface area contributed by atoms with Gasteiger partial charge in [-0.2, -0.15) is 0 Å². The van der Waals surface area contributed by atoms with Crippen LogP contribution in [0.1, 0.15) is 41.8 Å². The van der Waals surface area contributed by atoms with Gasteiger partial charge in [-0.3, -0.25) is 19.9 Å². The highest BCUT2D eigenvalue weighted by Crippen LogP contribution is 2.44. The zero-order valence-corrected chi connectivity index (χ0v) is 18.3. The maximum atomic E-state index is 12.5. The zero-order chi connectivity index (χ0) is 19.1. The molecule has 2 saturated heterocycles. The van der Waals surface area contributed by atoms with E-state index < -0.39 is 0 Å². The van der Waals surface area contributed by atoms with E-state index in [2.05, 4.69) is 62.7 Å². The molecule has 8 heteroatoms. The van der Waals surface area contributed by atoms with Crippen LogP contribution in [0.15, 0.2) is 30.3 Å². The van der Waals surface area contributed by atoms with Gasteiger partial charge in [-0.05, 0) is 37.3 Å². The highest BCUT2D eigenvalue weighted by molar-refractivity contribution is 7.15. The van der Waals surface area contributed by atoms with Crippen molar-refractivity contribution >= 4 is 34.8 Å². The summed E-state index contributed by atoms with van der Waals surface area (Å²) < 4.78 is 0. The van der Waals surface area contributed by atoms with Gasteiger partial charge >= 0.3 is 0 Å². The molecule has 29 heavy (non-hydrogen) atoms. The first-order valence-electron chi connectivity index (χ1n) is 10.3. The lowest BCUT2D eigenvalue weighted by atomic mass is 9.86. The number of halogens is 1. The van der Waals surface area contributed by atoms with Gasteiger partial charge in [0.2, 0.25) is 11.0 Å². The van der Waals surface area contributed by atoms with Crippen LogP contribution in [-0.4, -0.2) is 59.1 Å². The zero-order valence-electron chi connectivity index (χ0n) is 16.7. The first kappa shape index (κ1) is 20.7. The number of nitrogens with one attached hydrogen (secondary N) is 1. The van der Waals surface area contributed by atoms with E-state index in [-0.39, 0.29) is 18.3 Å². The molecule has 0 unspecified atom stereocenters. The molecule has 0 bridgehead atoms. The van der Waals surface area contributed by atoms with Crippen molar-refractivity contribution in [3.63, 3.8) is 0 Å². The van der Waals surface area contributed by atoms with Crippen LogP contribution in [-0.2, 0) is 4.79 Å². The van der Waals surface area contributed by atoms with Gasteiger partial charge in [0.05, 0.1) is 6.54 Å². The van der Waals surface area contributed by atoms with E-state index in [1.807, 2.05) is 0 Å². The summed E-state index contributed by atoms with van der Waals surface area (Å²) in [4.78, 5) is 17.3. The molecule has 1 aromatic heterocycles. The number of anilines is 1. The van der Waals surface area contributed by atoms with Crippen LogP contribution in [0.25, 0.3) is 0 Å². The summed E-state index contributed by atoms with van der Waals surface area (Å²) in [6.45, 7) is 3.51. The molecule has 3 heterocycles. The molecule has 1 amide bonds. The molecule has 3 atom stereocenters. The van der Waals surface area contributed by atoms with Crippen LogP contribution in [0.4, 0.5) is 5.13 Å². The predicted octanol–water partition coefficient (Wildman–Crippen LogP) is 3.40. The molecule has 5 rings (SSSR count). The number of amides is 1. The molecule has 0 spiro atoms.